The van der Waals surface area contributed by atoms with E-state index in [2.05, 4.69) is 17.2 Å². The Kier molecular flexibility index (Phi) is 7.48. The van der Waals surface area contributed by atoms with Crippen LogP contribution in [0.2, 0.25) is 0 Å². The summed E-state index contributed by atoms with van der Waals surface area (Å²) in [6.07, 6.45) is 0.202. The van der Waals surface area contributed by atoms with Gasteiger partial charge in [0.2, 0.25) is 11.8 Å². The molecule has 6 heteroatoms. The van der Waals surface area contributed by atoms with E-state index in [9.17, 15) is 14.4 Å². The molecule has 0 aliphatic carbocycles. The van der Waals surface area contributed by atoms with E-state index in [0.29, 0.717) is 12.8 Å². The summed E-state index contributed by atoms with van der Waals surface area (Å²) >= 11 is 0. The van der Waals surface area contributed by atoms with Gasteiger partial charge in [0.05, 0.1) is 0 Å². The van der Waals surface area contributed by atoms with Gasteiger partial charge in [-0.05, 0) is 13.3 Å². The zero-order chi connectivity index (χ0) is 15.0. The molecular formula is C13H22N2O4. The van der Waals surface area contributed by atoms with Crippen molar-refractivity contribution in [3.63, 3.8) is 0 Å². The predicted octanol–water partition coefficient (Wildman–Crippen LogP) is 0.873. The minimum Gasteiger partial charge on any atom is -0.438 e. The molecule has 0 aromatic heterocycles. The average Bonchev–Trinajstić information content (AvgIpc) is 2.26. The van der Waals surface area contributed by atoms with Crippen LogP contribution in [0.4, 0.5) is 0 Å². The topological polar surface area (TPSA) is 84.5 Å². The fourth-order valence-corrected chi connectivity index (χ4v) is 1.47. The fourth-order valence-electron chi connectivity index (χ4n) is 1.47. The van der Waals surface area contributed by atoms with E-state index in [1.807, 2.05) is 6.92 Å². The zero-order valence-corrected chi connectivity index (χ0v) is 11.9. The molecule has 2 unspecified atom stereocenters. The molecule has 6 nitrogen and oxygen atoms in total. The van der Waals surface area contributed by atoms with Crippen LogP contribution in [0.5, 0.6) is 0 Å². The number of nitrogens with one attached hydrogen (secondary N) is 2. The van der Waals surface area contributed by atoms with Crippen molar-refractivity contribution in [1.29, 1.82) is 0 Å². The highest BCUT2D eigenvalue weighted by atomic mass is 16.6. The Morgan fingerprint density at radius 3 is 2.00 bits per heavy atom. The third kappa shape index (κ3) is 7.96. The molecule has 0 bridgehead atoms. The Balaban J connectivity index is 4.64. The van der Waals surface area contributed by atoms with Crippen molar-refractivity contribution >= 4 is 17.8 Å². The number of hydrogen-bond donors (Lipinski definition) is 2. The second-order valence-electron chi connectivity index (χ2n) is 4.42. The Labute approximate surface area is 113 Å². The summed E-state index contributed by atoms with van der Waals surface area (Å²) in [5, 5.41) is 5.26. The second kappa shape index (κ2) is 8.29. The van der Waals surface area contributed by atoms with Crippen LogP contribution in [0.15, 0.2) is 12.2 Å². The number of carbonyl (C=O) groups excluding carboxylic acids is 3. The Hall–Kier alpha value is -1.85. The van der Waals surface area contributed by atoms with Gasteiger partial charge in [-0.15, -0.1) is 0 Å². The molecule has 0 aromatic rings. The Bertz CT molecular complexity index is 366. The van der Waals surface area contributed by atoms with Gasteiger partial charge in [-0.2, -0.15) is 0 Å². The van der Waals surface area contributed by atoms with Crippen molar-refractivity contribution < 1.29 is 19.1 Å². The first-order chi connectivity index (χ1) is 8.76. The molecule has 2 atom stereocenters. The molecule has 0 spiro atoms. The van der Waals surface area contributed by atoms with Crippen LogP contribution in [-0.2, 0) is 19.1 Å². The predicted molar refractivity (Wildman–Crippen MR) is 71.0 cm³/mol. The second-order valence-corrected chi connectivity index (χ2v) is 4.42. The van der Waals surface area contributed by atoms with E-state index in [0.717, 1.165) is 0 Å². The monoisotopic (exact) mass is 270 g/mol. The molecule has 108 valence electrons. The normalized spacial score (nSPS) is 13.1. The highest BCUT2D eigenvalue weighted by Gasteiger charge is 2.20. The lowest BCUT2D eigenvalue weighted by molar-refractivity contribution is -0.148. The van der Waals surface area contributed by atoms with Gasteiger partial charge in [0.15, 0.2) is 6.23 Å². The third-order valence-corrected chi connectivity index (χ3v) is 2.36. The maximum atomic E-state index is 11.5. The van der Waals surface area contributed by atoms with Crippen molar-refractivity contribution in [3.05, 3.63) is 12.2 Å². The maximum Gasteiger partial charge on any atom is 0.335 e. The molecule has 0 saturated heterocycles. The Morgan fingerprint density at radius 2 is 1.63 bits per heavy atom. The summed E-state index contributed by atoms with van der Waals surface area (Å²) in [7, 11) is 0. The van der Waals surface area contributed by atoms with Crippen LogP contribution in [0.3, 0.4) is 0 Å². The van der Waals surface area contributed by atoms with Crippen molar-refractivity contribution in [3.8, 4) is 0 Å². The summed E-state index contributed by atoms with van der Waals surface area (Å²) in [5.41, 5.74) is 0.253. The number of ether oxygens (including phenoxy) is 1. The molecule has 0 saturated carbocycles. The van der Waals surface area contributed by atoms with Gasteiger partial charge in [0, 0.05) is 31.9 Å². The van der Waals surface area contributed by atoms with Gasteiger partial charge in [0.1, 0.15) is 0 Å². The first kappa shape index (κ1) is 17.2. The summed E-state index contributed by atoms with van der Waals surface area (Å²) in [5.74, 6) is -1.05. The minimum atomic E-state index is -0.779. The van der Waals surface area contributed by atoms with Crippen LogP contribution in [0.1, 0.15) is 40.5 Å². The lowest BCUT2D eigenvalue weighted by Gasteiger charge is -2.23. The largest absolute Gasteiger partial charge is 0.438 e. The van der Waals surface area contributed by atoms with Gasteiger partial charge >= 0.3 is 5.97 Å². The summed E-state index contributed by atoms with van der Waals surface area (Å²) in [6, 6.07) is -0.174. The van der Waals surface area contributed by atoms with E-state index >= 15 is 0 Å². The summed E-state index contributed by atoms with van der Waals surface area (Å²) in [4.78, 5) is 33.6. The van der Waals surface area contributed by atoms with Gasteiger partial charge < -0.3 is 15.4 Å². The van der Waals surface area contributed by atoms with Crippen LogP contribution in [0.25, 0.3) is 0 Å². The highest BCUT2D eigenvalue weighted by molar-refractivity contribution is 5.87. The van der Waals surface area contributed by atoms with Crippen molar-refractivity contribution in [2.24, 2.45) is 0 Å². The van der Waals surface area contributed by atoms with Gasteiger partial charge in [0.25, 0.3) is 0 Å². The zero-order valence-electron chi connectivity index (χ0n) is 11.9. The van der Waals surface area contributed by atoms with E-state index in [1.165, 1.54) is 20.8 Å². The molecule has 0 rings (SSSR count). The Morgan fingerprint density at radius 1 is 1.11 bits per heavy atom. The molecule has 0 aliphatic rings. The molecule has 19 heavy (non-hydrogen) atoms. The van der Waals surface area contributed by atoms with E-state index < -0.39 is 12.2 Å². The standard InChI is InChI=1S/C13H22N2O4/c1-6-11(14-9(4)16)7-12(15-10(5)17)19-13(18)8(2)3/h11-12H,2,6-7H2,1,3-5H3,(H,14,16)(H,15,17). The number of carbonyl (C=O) groups is 3. The smallest absolute Gasteiger partial charge is 0.335 e. The first-order valence-electron chi connectivity index (χ1n) is 6.16. The SMILES string of the molecule is C=C(C)C(=O)OC(CC(CC)NC(C)=O)NC(C)=O. The molecule has 0 aliphatic heterocycles. The lowest BCUT2D eigenvalue weighted by atomic mass is 10.1. The van der Waals surface area contributed by atoms with Crippen molar-refractivity contribution in [1.82, 2.24) is 10.6 Å². The van der Waals surface area contributed by atoms with Gasteiger partial charge in [-0.25, -0.2) is 4.79 Å². The molecule has 0 radical (unpaired) electrons. The van der Waals surface area contributed by atoms with E-state index in [-0.39, 0.29) is 23.4 Å². The van der Waals surface area contributed by atoms with Crippen molar-refractivity contribution in [2.75, 3.05) is 0 Å². The average molecular weight is 270 g/mol. The fraction of sp³-hybridized carbons (Fsp3) is 0.615. The van der Waals surface area contributed by atoms with Crippen LogP contribution in [0, 0.1) is 0 Å². The number of esters is 1. The van der Waals surface area contributed by atoms with Gasteiger partial charge in [-0.1, -0.05) is 13.5 Å². The number of hydrogen-bond acceptors (Lipinski definition) is 4. The number of amides is 2. The molecular weight excluding hydrogens is 248 g/mol. The summed E-state index contributed by atoms with van der Waals surface area (Å²) in [6.45, 7) is 9.65. The highest BCUT2D eigenvalue weighted by Crippen LogP contribution is 2.07. The van der Waals surface area contributed by atoms with Crippen LogP contribution < -0.4 is 10.6 Å². The van der Waals surface area contributed by atoms with E-state index in [4.69, 9.17) is 4.74 Å². The van der Waals surface area contributed by atoms with Crippen LogP contribution in [-0.4, -0.2) is 30.1 Å². The van der Waals surface area contributed by atoms with Crippen LogP contribution >= 0.6 is 0 Å². The van der Waals surface area contributed by atoms with Crippen molar-refractivity contribution in [2.45, 2.75) is 52.8 Å². The minimum absolute atomic E-state index is 0.167. The first-order valence-corrected chi connectivity index (χ1v) is 6.16. The lowest BCUT2D eigenvalue weighted by Crippen LogP contribution is -2.44. The molecule has 0 heterocycles. The molecule has 0 fully saturated rings. The molecule has 2 N–H and O–H groups in total. The quantitative estimate of drug-likeness (QED) is 0.408. The van der Waals surface area contributed by atoms with Gasteiger partial charge in [-0.3, -0.25) is 9.59 Å². The molecule has 0 aromatic carbocycles. The van der Waals surface area contributed by atoms with E-state index in [1.54, 1.807) is 0 Å². The number of rotatable bonds is 7. The maximum absolute atomic E-state index is 11.5. The summed E-state index contributed by atoms with van der Waals surface area (Å²) < 4.78 is 5.11. The molecule has 2 amide bonds. The third-order valence-electron chi connectivity index (χ3n) is 2.36.